The van der Waals surface area contributed by atoms with Crippen LogP contribution in [0.25, 0.3) is 0 Å². The fourth-order valence-corrected chi connectivity index (χ4v) is 2.44. The van der Waals surface area contributed by atoms with Crippen molar-refractivity contribution in [2.45, 2.75) is 33.3 Å². The first-order valence-corrected chi connectivity index (χ1v) is 9.40. The Morgan fingerprint density at radius 3 is 2.55 bits per heavy atom. The Balaban J connectivity index is 2.07. The summed E-state index contributed by atoms with van der Waals surface area (Å²) in [6, 6.07) is 13.3. The number of carbonyl (C=O) groups excluding carboxylic acids is 2. The number of nitriles is 1. The summed E-state index contributed by atoms with van der Waals surface area (Å²) in [5.41, 5.74) is 0.928. The van der Waals surface area contributed by atoms with Crippen LogP contribution in [0, 0.1) is 11.3 Å². The van der Waals surface area contributed by atoms with Crippen molar-refractivity contribution in [1.29, 1.82) is 5.26 Å². The first-order valence-electron chi connectivity index (χ1n) is 9.40. The molecule has 1 N–H and O–H groups in total. The molecular weight excluding hydrogens is 372 g/mol. The Morgan fingerprint density at radius 1 is 1.10 bits per heavy atom. The molecule has 0 fully saturated rings. The van der Waals surface area contributed by atoms with Gasteiger partial charge in [-0.25, -0.2) is 4.79 Å². The number of nitrogens with one attached hydrogen (secondary N) is 1. The van der Waals surface area contributed by atoms with Crippen LogP contribution in [0.2, 0.25) is 0 Å². The fourth-order valence-electron chi connectivity index (χ4n) is 2.44. The van der Waals surface area contributed by atoms with Gasteiger partial charge in [-0.05, 0) is 50.6 Å². The van der Waals surface area contributed by atoms with Gasteiger partial charge < -0.3 is 19.5 Å². The lowest BCUT2D eigenvalue weighted by atomic mass is 10.2. The number of benzene rings is 2. The maximum Gasteiger partial charge on any atom is 0.339 e. The van der Waals surface area contributed by atoms with Crippen LogP contribution in [0.5, 0.6) is 11.5 Å². The monoisotopic (exact) mass is 396 g/mol. The molecule has 2 rings (SSSR count). The molecule has 7 nitrogen and oxygen atoms in total. The highest BCUT2D eigenvalue weighted by molar-refractivity contribution is 5.98. The zero-order chi connectivity index (χ0) is 21.2. The van der Waals surface area contributed by atoms with Crippen LogP contribution in [0.4, 0.5) is 5.69 Å². The predicted molar refractivity (Wildman–Crippen MR) is 108 cm³/mol. The third kappa shape index (κ3) is 5.98. The second kappa shape index (κ2) is 10.7. The molecule has 0 aromatic heterocycles. The second-order valence-corrected chi connectivity index (χ2v) is 6.14. The molecule has 0 unspecified atom stereocenters. The van der Waals surface area contributed by atoms with E-state index in [0.29, 0.717) is 36.0 Å². The third-order valence-electron chi connectivity index (χ3n) is 3.90. The van der Waals surface area contributed by atoms with Crippen LogP contribution in [0.15, 0.2) is 42.5 Å². The first kappa shape index (κ1) is 21.8. The summed E-state index contributed by atoms with van der Waals surface area (Å²) >= 11 is 0. The number of carbonyl (C=O) groups is 2. The van der Waals surface area contributed by atoms with E-state index in [1.807, 2.05) is 19.9 Å². The molecule has 152 valence electrons. The molecule has 0 heterocycles. The average Bonchev–Trinajstić information content (AvgIpc) is 2.73. The lowest BCUT2D eigenvalue weighted by Gasteiger charge is -2.15. The van der Waals surface area contributed by atoms with Crippen molar-refractivity contribution in [1.82, 2.24) is 0 Å². The highest BCUT2D eigenvalue weighted by Gasteiger charge is 2.21. The smallest absolute Gasteiger partial charge is 0.339 e. The molecule has 2 aromatic rings. The van der Waals surface area contributed by atoms with Crippen molar-refractivity contribution in [2.24, 2.45) is 0 Å². The van der Waals surface area contributed by atoms with Crippen LogP contribution in [-0.2, 0) is 9.53 Å². The Bertz CT molecular complexity index is 904. The lowest BCUT2D eigenvalue weighted by molar-refractivity contribution is -0.123. The number of amides is 1. The molecule has 29 heavy (non-hydrogen) atoms. The topological polar surface area (TPSA) is 97.6 Å². The van der Waals surface area contributed by atoms with Gasteiger partial charge >= 0.3 is 5.97 Å². The summed E-state index contributed by atoms with van der Waals surface area (Å²) in [6.07, 6.45) is -0.211. The van der Waals surface area contributed by atoms with Crippen LogP contribution < -0.4 is 14.8 Å². The van der Waals surface area contributed by atoms with Gasteiger partial charge in [0.05, 0.1) is 30.0 Å². The van der Waals surface area contributed by atoms with E-state index in [0.717, 1.165) is 6.42 Å². The van der Waals surface area contributed by atoms with Crippen LogP contribution >= 0.6 is 0 Å². The molecule has 0 spiro atoms. The maximum absolute atomic E-state index is 12.5. The van der Waals surface area contributed by atoms with Crippen LogP contribution in [-0.4, -0.2) is 31.2 Å². The number of para-hydroxylation sites is 1. The summed E-state index contributed by atoms with van der Waals surface area (Å²) in [7, 11) is 0. The minimum absolute atomic E-state index is 0.245. The Kier molecular flexibility index (Phi) is 8.04. The van der Waals surface area contributed by atoms with Gasteiger partial charge in [0.1, 0.15) is 6.07 Å². The maximum atomic E-state index is 12.5. The zero-order valence-corrected chi connectivity index (χ0v) is 16.7. The van der Waals surface area contributed by atoms with E-state index < -0.39 is 18.0 Å². The van der Waals surface area contributed by atoms with Crippen molar-refractivity contribution in [2.75, 3.05) is 18.5 Å². The van der Waals surface area contributed by atoms with Gasteiger partial charge in [0.2, 0.25) is 0 Å². The van der Waals surface area contributed by atoms with Gasteiger partial charge in [-0.2, -0.15) is 5.26 Å². The number of hydrogen-bond acceptors (Lipinski definition) is 6. The van der Waals surface area contributed by atoms with E-state index in [9.17, 15) is 9.59 Å². The molecule has 0 saturated heterocycles. The lowest BCUT2D eigenvalue weighted by Crippen LogP contribution is -2.30. The number of esters is 1. The van der Waals surface area contributed by atoms with E-state index in [1.54, 1.807) is 36.4 Å². The predicted octanol–water partition coefficient (Wildman–Crippen LogP) is 3.93. The molecule has 0 bridgehead atoms. The Morgan fingerprint density at radius 2 is 1.86 bits per heavy atom. The van der Waals surface area contributed by atoms with E-state index in [-0.39, 0.29) is 5.56 Å². The van der Waals surface area contributed by atoms with Gasteiger partial charge in [0.25, 0.3) is 5.91 Å². The molecule has 0 saturated carbocycles. The molecule has 7 heteroatoms. The summed E-state index contributed by atoms with van der Waals surface area (Å²) in [5.74, 6) is -0.210. The van der Waals surface area contributed by atoms with Crippen molar-refractivity contribution in [3.05, 3.63) is 53.6 Å². The van der Waals surface area contributed by atoms with E-state index in [1.165, 1.54) is 13.0 Å². The van der Waals surface area contributed by atoms with Gasteiger partial charge in [-0.1, -0.05) is 19.1 Å². The fraction of sp³-hybridized carbons (Fsp3) is 0.318. The molecular formula is C22H24N2O5. The molecule has 0 radical (unpaired) electrons. The van der Waals surface area contributed by atoms with E-state index in [2.05, 4.69) is 5.32 Å². The minimum Gasteiger partial charge on any atom is -0.490 e. The van der Waals surface area contributed by atoms with Crippen molar-refractivity contribution < 1.29 is 23.8 Å². The Labute approximate surface area is 170 Å². The van der Waals surface area contributed by atoms with Crippen LogP contribution in [0.3, 0.4) is 0 Å². The highest BCUT2D eigenvalue weighted by Crippen LogP contribution is 2.29. The first-order chi connectivity index (χ1) is 14.0. The van der Waals surface area contributed by atoms with Gasteiger partial charge in [-0.3, -0.25) is 4.79 Å². The van der Waals surface area contributed by atoms with Crippen molar-refractivity contribution in [3.8, 4) is 17.6 Å². The minimum atomic E-state index is -1.05. The number of anilines is 1. The zero-order valence-electron chi connectivity index (χ0n) is 16.7. The Hall–Kier alpha value is -3.53. The molecule has 0 aliphatic heterocycles. The second-order valence-electron chi connectivity index (χ2n) is 6.14. The van der Waals surface area contributed by atoms with Gasteiger partial charge in [0, 0.05) is 0 Å². The molecule has 1 amide bonds. The number of hydrogen-bond donors (Lipinski definition) is 1. The van der Waals surface area contributed by atoms with Crippen molar-refractivity contribution in [3.63, 3.8) is 0 Å². The van der Waals surface area contributed by atoms with Crippen molar-refractivity contribution >= 4 is 17.6 Å². The van der Waals surface area contributed by atoms with E-state index in [4.69, 9.17) is 19.5 Å². The van der Waals surface area contributed by atoms with Gasteiger partial charge in [-0.15, -0.1) is 0 Å². The largest absolute Gasteiger partial charge is 0.490 e. The van der Waals surface area contributed by atoms with E-state index >= 15 is 0 Å². The normalized spacial score (nSPS) is 11.1. The highest BCUT2D eigenvalue weighted by atomic mass is 16.5. The summed E-state index contributed by atoms with van der Waals surface area (Å²) < 4.78 is 16.4. The number of rotatable bonds is 9. The standard InChI is InChI=1S/C22H24N2O5/c1-4-12-28-19-11-10-16(13-20(19)27-5-2)22(26)29-15(3)21(25)24-18-9-7-6-8-17(18)14-23/h6-11,13,15H,4-5,12H2,1-3H3,(H,24,25)/t15-/m0/s1. The third-order valence-corrected chi connectivity index (χ3v) is 3.90. The molecule has 0 aliphatic rings. The van der Waals surface area contributed by atoms with Crippen LogP contribution in [0.1, 0.15) is 43.1 Å². The summed E-state index contributed by atoms with van der Waals surface area (Å²) in [6.45, 7) is 6.24. The number of ether oxygens (including phenoxy) is 3. The number of nitrogens with zero attached hydrogens (tertiary/aromatic N) is 1. The SMILES string of the molecule is CCCOc1ccc(C(=O)O[C@@H](C)C(=O)Nc2ccccc2C#N)cc1OCC. The summed E-state index contributed by atoms with van der Waals surface area (Å²) in [4.78, 5) is 24.8. The quantitative estimate of drug-likeness (QED) is 0.645. The molecule has 1 atom stereocenters. The van der Waals surface area contributed by atoms with Gasteiger partial charge in [0.15, 0.2) is 17.6 Å². The molecule has 2 aromatic carbocycles. The molecule has 0 aliphatic carbocycles. The average molecular weight is 396 g/mol. The summed E-state index contributed by atoms with van der Waals surface area (Å²) in [5, 5.41) is 11.7.